The van der Waals surface area contributed by atoms with Crippen molar-refractivity contribution in [2.45, 2.75) is 39.8 Å². The van der Waals surface area contributed by atoms with Crippen molar-refractivity contribution in [1.29, 1.82) is 0 Å². The van der Waals surface area contributed by atoms with Gasteiger partial charge in [-0.1, -0.05) is 0 Å². The van der Waals surface area contributed by atoms with Gasteiger partial charge in [-0.25, -0.2) is 9.76 Å². The van der Waals surface area contributed by atoms with Crippen molar-refractivity contribution in [2.24, 2.45) is 0 Å². The minimum atomic E-state index is -2.82. The molecule has 0 bridgehead atoms. The van der Waals surface area contributed by atoms with Gasteiger partial charge in [-0.05, 0) is 34.7 Å². The molecule has 0 heterocycles. The lowest BCUT2D eigenvalue weighted by Gasteiger charge is -2.35. The highest BCUT2D eigenvalue weighted by Crippen LogP contribution is 2.47. The van der Waals surface area contributed by atoms with Crippen molar-refractivity contribution in [3.05, 3.63) is 0 Å². The number of rotatable bonds is 5. The first-order valence-electron chi connectivity index (χ1n) is 4.52. The van der Waals surface area contributed by atoms with Gasteiger partial charge in [0.25, 0.3) is 0 Å². The van der Waals surface area contributed by atoms with Gasteiger partial charge in [0.15, 0.2) is 0 Å². The Morgan fingerprint density at radius 3 is 1.69 bits per heavy atom. The second kappa shape index (κ2) is 5.11. The molecule has 0 rings (SSSR count). The first-order valence-corrected chi connectivity index (χ1v) is 6.10. The van der Waals surface area contributed by atoms with Gasteiger partial charge in [-0.2, -0.15) is 0 Å². The van der Waals surface area contributed by atoms with E-state index >= 15 is 0 Å². The molecule has 0 spiro atoms. The lowest BCUT2D eigenvalue weighted by atomic mass is 10.3. The van der Waals surface area contributed by atoms with Crippen molar-refractivity contribution >= 4 is 7.67 Å². The molecule has 4 nitrogen and oxygen atoms in total. The van der Waals surface area contributed by atoms with Crippen molar-refractivity contribution < 1.29 is 9.09 Å². The Morgan fingerprint density at radius 2 is 1.62 bits per heavy atom. The summed E-state index contributed by atoms with van der Waals surface area (Å²) < 4.78 is 19.0. The van der Waals surface area contributed by atoms with Gasteiger partial charge in [-0.15, -0.1) is 0 Å². The maximum absolute atomic E-state index is 12.1. The molecule has 0 saturated heterocycles. The summed E-state index contributed by atoms with van der Waals surface area (Å²) in [6.07, 6.45) is 0. The van der Waals surface area contributed by atoms with Crippen LogP contribution < -0.4 is 5.09 Å². The predicted molar refractivity (Wildman–Crippen MR) is 55.8 cm³/mol. The van der Waals surface area contributed by atoms with E-state index in [1.54, 1.807) is 7.05 Å². The second-order valence-electron chi connectivity index (χ2n) is 3.49. The molecule has 13 heavy (non-hydrogen) atoms. The highest BCUT2D eigenvalue weighted by atomic mass is 31.2. The summed E-state index contributed by atoms with van der Waals surface area (Å²) in [5.74, 6) is 0. The zero-order chi connectivity index (χ0) is 10.6. The van der Waals surface area contributed by atoms with Gasteiger partial charge >= 0.3 is 7.67 Å². The maximum Gasteiger partial charge on any atom is 0.343 e. The van der Waals surface area contributed by atoms with Crippen LogP contribution in [0.15, 0.2) is 0 Å². The summed E-state index contributed by atoms with van der Waals surface area (Å²) in [6.45, 7) is 8.01. The molecular weight excluding hydrogens is 187 g/mol. The van der Waals surface area contributed by atoms with Gasteiger partial charge in [-0.3, -0.25) is 4.57 Å². The Labute approximate surface area is 81.2 Å². The number of nitrogens with zero attached hydrogens (tertiary/aromatic N) is 1. The summed E-state index contributed by atoms with van der Waals surface area (Å²) in [4.78, 5) is 0. The third-order valence-corrected chi connectivity index (χ3v) is 4.48. The highest BCUT2D eigenvalue weighted by molar-refractivity contribution is 7.54. The maximum atomic E-state index is 12.1. The van der Waals surface area contributed by atoms with Gasteiger partial charge in [0, 0.05) is 19.2 Å². The molecule has 0 saturated carbocycles. The summed E-state index contributed by atoms with van der Waals surface area (Å²) in [5.41, 5.74) is 0. The van der Waals surface area contributed by atoms with E-state index in [2.05, 4.69) is 5.09 Å². The number of hydrogen-bond donors (Lipinski definition) is 1. The summed E-state index contributed by atoms with van der Waals surface area (Å²) >= 11 is 0. The largest absolute Gasteiger partial charge is 0.343 e. The van der Waals surface area contributed by atoms with Crippen molar-refractivity contribution in [3.63, 3.8) is 0 Å². The third kappa shape index (κ3) is 3.06. The zero-order valence-electron chi connectivity index (χ0n) is 9.37. The fourth-order valence-corrected chi connectivity index (χ4v) is 3.32. The smallest absolute Gasteiger partial charge is 0.309 e. The standard InChI is InChI=1S/C8H21N2O2P/c1-7(2)10(8(3)4)13(11,9-5)12-6/h7-8H,1-6H3,(H,9,11). The molecule has 80 valence electrons. The molecule has 0 aliphatic carbocycles. The molecule has 0 aliphatic rings. The Kier molecular flexibility index (Phi) is 5.15. The van der Waals surface area contributed by atoms with E-state index in [0.29, 0.717) is 0 Å². The zero-order valence-corrected chi connectivity index (χ0v) is 10.3. The van der Waals surface area contributed by atoms with Gasteiger partial charge in [0.2, 0.25) is 0 Å². The van der Waals surface area contributed by atoms with E-state index in [-0.39, 0.29) is 12.1 Å². The van der Waals surface area contributed by atoms with Crippen LogP contribution in [0.25, 0.3) is 0 Å². The van der Waals surface area contributed by atoms with E-state index in [1.165, 1.54) is 7.11 Å². The quantitative estimate of drug-likeness (QED) is 0.702. The van der Waals surface area contributed by atoms with Crippen LogP contribution >= 0.6 is 7.67 Å². The van der Waals surface area contributed by atoms with Crippen LogP contribution in [0.1, 0.15) is 27.7 Å². The van der Waals surface area contributed by atoms with Crippen LogP contribution in [-0.4, -0.2) is 30.9 Å². The van der Waals surface area contributed by atoms with Crippen molar-refractivity contribution in [1.82, 2.24) is 9.76 Å². The molecule has 0 radical (unpaired) electrons. The third-order valence-electron chi connectivity index (χ3n) is 1.89. The summed E-state index contributed by atoms with van der Waals surface area (Å²) in [5, 5.41) is 2.75. The Morgan fingerprint density at radius 1 is 1.23 bits per heavy atom. The molecule has 5 heteroatoms. The number of hydrogen-bond acceptors (Lipinski definition) is 2. The van der Waals surface area contributed by atoms with Crippen LogP contribution in [0.4, 0.5) is 0 Å². The molecule has 0 amide bonds. The van der Waals surface area contributed by atoms with Crippen LogP contribution in [0.5, 0.6) is 0 Å². The van der Waals surface area contributed by atoms with Gasteiger partial charge in [0.05, 0.1) is 0 Å². The monoisotopic (exact) mass is 208 g/mol. The Bertz CT molecular complexity index is 179. The molecule has 0 aromatic rings. The highest BCUT2D eigenvalue weighted by Gasteiger charge is 2.33. The van der Waals surface area contributed by atoms with Gasteiger partial charge < -0.3 is 4.52 Å². The first kappa shape index (κ1) is 13.1. The van der Waals surface area contributed by atoms with E-state index in [4.69, 9.17) is 4.52 Å². The minimum Gasteiger partial charge on any atom is -0.309 e. The molecule has 0 aromatic carbocycles. The summed E-state index contributed by atoms with van der Waals surface area (Å²) in [7, 11) is 0.302. The lowest BCUT2D eigenvalue weighted by molar-refractivity contribution is 0.236. The second-order valence-corrected chi connectivity index (χ2v) is 5.81. The fourth-order valence-electron chi connectivity index (χ4n) is 1.51. The van der Waals surface area contributed by atoms with Gasteiger partial charge in [0.1, 0.15) is 0 Å². The lowest BCUT2D eigenvalue weighted by Crippen LogP contribution is -2.38. The molecule has 1 atom stereocenters. The SMILES string of the molecule is CNP(=O)(OC)N(C(C)C)C(C)C. The van der Waals surface area contributed by atoms with Crippen LogP contribution in [0.2, 0.25) is 0 Å². The molecular formula is C8H21N2O2P. The van der Waals surface area contributed by atoms with E-state index in [1.807, 2.05) is 32.4 Å². The Balaban J connectivity index is 4.81. The molecule has 0 aromatic heterocycles. The van der Waals surface area contributed by atoms with Crippen LogP contribution in [0.3, 0.4) is 0 Å². The topological polar surface area (TPSA) is 41.6 Å². The molecule has 0 aliphatic heterocycles. The van der Waals surface area contributed by atoms with E-state index in [9.17, 15) is 4.57 Å². The predicted octanol–water partition coefficient (Wildman–Crippen LogP) is 2.08. The molecule has 1 unspecified atom stereocenters. The minimum absolute atomic E-state index is 0.193. The van der Waals surface area contributed by atoms with Crippen LogP contribution in [-0.2, 0) is 9.09 Å². The fraction of sp³-hybridized carbons (Fsp3) is 1.00. The normalized spacial score (nSPS) is 17.0. The first-order chi connectivity index (χ1) is 5.89. The Hall–Kier alpha value is 0.110. The average molecular weight is 208 g/mol. The van der Waals surface area contributed by atoms with Crippen molar-refractivity contribution in [3.8, 4) is 0 Å². The van der Waals surface area contributed by atoms with Crippen molar-refractivity contribution in [2.75, 3.05) is 14.2 Å². The number of nitrogens with one attached hydrogen (secondary N) is 1. The molecule has 1 N–H and O–H groups in total. The molecule has 0 fully saturated rings. The average Bonchev–Trinajstić information content (AvgIpc) is 2.02. The van der Waals surface area contributed by atoms with E-state index < -0.39 is 7.67 Å². The van der Waals surface area contributed by atoms with E-state index in [0.717, 1.165) is 0 Å². The van der Waals surface area contributed by atoms with Crippen LogP contribution in [0, 0.1) is 0 Å². The summed E-state index contributed by atoms with van der Waals surface area (Å²) in [6, 6.07) is 0.386.